The van der Waals surface area contributed by atoms with Crippen molar-refractivity contribution in [1.82, 2.24) is 10.4 Å². The minimum atomic E-state index is -0.723. The van der Waals surface area contributed by atoms with Crippen LogP contribution in [0.1, 0.15) is 12.5 Å². The molecule has 0 aliphatic carbocycles. The highest BCUT2D eigenvalue weighted by atomic mass is 32.2. The number of hydrogen-bond donors (Lipinski definition) is 1. The van der Waals surface area contributed by atoms with Gasteiger partial charge in [0.1, 0.15) is 11.6 Å². The molecule has 1 heterocycles. The predicted octanol–water partition coefficient (Wildman–Crippen LogP) is 4.21. The number of thioether (sulfide) groups is 1. The second-order valence-electron chi connectivity index (χ2n) is 5.09. The second kappa shape index (κ2) is 7.71. The fraction of sp³-hybridized carbons (Fsp3) is 0.118. The number of fused-ring (bicyclic) bond motifs is 1. The Hall–Kier alpha value is -2.32. The number of carbonyl (C=O) groups is 1. The van der Waals surface area contributed by atoms with Crippen LogP contribution in [0.5, 0.6) is 0 Å². The third-order valence-corrected chi connectivity index (χ3v) is 5.45. The van der Waals surface area contributed by atoms with Crippen LogP contribution in [-0.2, 0) is 4.79 Å². The summed E-state index contributed by atoms with van der Waals surface area (Å²) in [6, 6.07) is 10.9. The Bertz CT molecular complexity index is 923. The van der Waals surface area contributed by atoms with E-state index in [1.165, 1.54) is 36.1 Å². The van der Waals surface area contributed by atoms with Gasteiger partial charge in [0.2, 0.25) is 0 Å². The number of carbonyl (C=O) groups excluding carboxylic acids is 1. The first-order chi connectivity index (χ1) is 12.0. The number of hydrazone groups is 1. The van der Waals surface area contributed by atoms with Gasteiger partial charge in [-0.3, -0.25) is 4.79 Å². The van der Waals surface area contributed by atoms with E-state index < -0.39 is 11.6 Å². The summed E-state index contributed by atoms with van der Waals surface area (Å²) in [7, 11) is 0. The molecule has 1 N–H and O–H groups in total. The first kappa shape index (κ1) is 17.5. The maximum atomic E-state index is 13.7. The number of amides is 1. The molecule has 0 unspecified atom stereocenters. The molecule has 0 saturated heterocycles. The molecule has 25 heavy (non-hydrogen) atoms. The van der Waals surface area contributed by atoms with E-state index in [0.29, 0.717) is 0 Å². The first-order valence-electron chi connectivity index (χ1n) is 7.30. The molecular weight excluding hydrogens is 364 g/mol. The number of aromatic nitrogens is 1. The van der Waals surface area contributed by atoms with E-state index in [1.54, 1.807) is 0 Å². The minimum absolute atomic E-state index is 0.139. The molecule has 0 radical (unpaired) electrons. The SMILES string of the molecule is C/C(=N\NC(=O)CSc1nc2ccccc2s1)c1ccc(F)cc1F. The average Bonchev–Trinajstić information content (AvgIpc) is 3.01. The fourth-order valence-electron chi connectivity index (χ4n) is 2.06. The monoisotopic (exact) mass is 377 g/mol. The summed E-state index contributed by atoms with van der Waals surface area (Å²) in [6.45, 7) is 1.54. The van der Waals surface area contributed by atoms with Crippen LogP contribution in [0.3, 0.4) is 0 Å². The van der Waals surface area contributed by atoms with Crippen molar-refractivity contribution >= 4 is 44.9 Å². The quantitative estimate of drug-likeness (QED) is 0.412. The molecule has 0 spiro atoms. The highest BCUT2D eigenvalue weighted by molar-refractivity contribution is 8.01. The maximum absolute atomic E-state index is 13.7. The molecule has 2 aromatic carbocycles. The lowest BCUT2D eigenvalue weighted by molar-refractivity contribution is -0.118. The number of halogens is 2. The number of nitrogens with one attached hydrogen (secondary N) is 1. The molecule has 0 atom stereocenters. The molecule has 1 amide bonds. The van der Waals surface area contributed by atoms with Gasteiger partial charge in [-0.15, -0.1) is 11.3 Å². The number of benzene rings is 2. The molecular formula is C17H13F2N3OS2. The molecule has 0 aliphatic rings. The summed E-state index contributed by atoms with van der Waals surface area (Å²) in [6.07, 6.45) is 0. The van der Waals surface area contributed by atoms with Crippen molar-refractivity contribution in [2.24, 2.45) is 5.10 Å². The van der Waals surface area contributed by atoms with Crippen molar-refractivity contribution < 1.29 is 13.6 Å². The van der Waals surface area contributed by atoms with Crippen LogP contribution >= 0.6 is 23.1 Å². The Kier molecular flexibility index (Phi) is 5.40. The second-order valence-corrected chi connectivity index (χ2v) is 7.35. The zero-order chi connectivity index (χ0) is 17.8. The average molecular weight is 377 g/mol. The molecule has 0 bridgehead atoms. The van der Waals surface area contributed by atoms with Gasteiger partial charge in [-0.2, -0.15) is 5.10 Å². The van der Waals surface area contributed by atoms with Gasteiger partial charge in [0.15, 0.2) is 4.34 Å². The van der Waals surface area contributed by atoms with Crippen molar-refractivity contribution in [3.05, 3.63) is 59.7 Å². The lowest BCUT2D eigenvalue weighted by Gasteiger charge is -2.04. The molecule has 128 valence electrons. The highest BCUT2D eigenvalue weighted by Crippen LogP contribution is 2.28. The molecule has 1 aromatic heterocycles. The molecule has 0 fully saturated rings. The normalized spacial score (nSPS) is 11.7. The van der Waals surface area contributed by atoms with Crippen LogP contribution in [0.15, 0.2) is 51.9 Å². The van der Waals surface area contributed by atoms with Gasteiger partial charge in [-0.25, -0.2) is 19.2 Å². The molecule has 0 saturated carbocycles. The molecule has 8 heteroatoms. The molecule has 0 aliphatic heterocycles. The minimum Gasteiger partial charge on any atom is -0.272 e. The zero-order valence-corrected chi connectivity index (χ0v) is 14.8. The van der Waals surface area contributed by atoms with Gasteiger partial charge in [0.05, 0.1) is 21.7 Å². The van der Waals surface area contributed by atoms with Crippen molar-refractivity contribution in [3.63, 3.8) is 0 Å². The maximum Gasteiger partial charge on any atom is 0.250 e. The predicted molar refractivity (Wildman–Crippen MR) is 97.1 cm³/mol. The van der Waals surface area contributed by atoms with Crippen molar-refractivity contribution in [1.29, 1.82) is 0 Å². The zero-order valence-electron chi connectivity index (χ0n) is 13.1. The Morgan fingerprint density at radius 2 is 2.08 bits per heavy atom. The van der Waals surface area contributed by atoms with Crippen molar-refractivity contribution in [2.75, 3.05) is 5.75 Å². The van der Waals surface area contributed by atoms with Gasteiger partial charge >= 0.3 is 0 Å². The number of thiazole rings is 1. The van der Waals surface area contributed by atoms with E-state index in [0.717, 1.165) is 26.7 Å². The fourth-order valence-corrected chi connectivity index (χ4v) is 3.92. The Morgan fingerprint density at radius 1 is 1.28 bits per heavy atom. The lowest BCUT2D eigenvalue weighted by Crippen LogP contribution is -2.21. The van der Waals surface area contributed by atoms with Crippen LogP contribution in [0.2, 0.25) is 0 Å². The van der Waals surface area contributed by atoms with Gasteiger partial charge in [0, 0.05) is 11.6 Å². The van der Waals surface area contributed by atoms with Crippen LogP contribution in [0, 0.1) is 11.6 Å². The number of rotatable bonds is 5. The van der Waals surface area contributed by atoms with E-state index >= 15 is 0 Å². The van der Waals surface area contributed by atoms with Crippen LogP contribution < -0.4 is 5.43 Å². The highest BCUT2D eigenvalue weighted by Gasteiger charge is 2.09. The number of nitrogens with zero attached hydrogens (tertiary/aromatic N) is 2. The summed E-state index contributed by atoms with van der Waals surface area (Å²) in [5.74, 6) is -1.57. The van der Waals surface area contributed by atoms with Gasteiger partial charge in [-0.05, 0) is 31.2 Å². The van der Waals surface area contributed by atoms with Gasteiger partial charge < -0.3 is 0 Å². The third kappa shape index (κ3) is 4.40. The number of para-hydroxylation sites is 1. The third-order valence-electron chi connectivity index (χ3n) is 3.27. The largest absolute Gasteiger partial charge is 0.272 e. The van der Waals surface area contributed by atoms with Gasteiger partial charge in [-0.1, -0.05) is 23.9 Å². The smallest absolute Gasteiger partial charge is 0.250 e. The van der Waals surface area contributed by atoms with Crippen LogP contribution in [-0.4, -0.2) is 22.4 Å². The van der Waals surface area contributed by atoms with Gasteiger partial charge in [0.25, 0.3) is 5.91 Å². The lowest BCUT2D eigenvalue weighted by atomic mass is 10.1. The van der Waals surface area contributed by atoms with E-state index in [-0.39, 0.29) is 22.9 Å². The number of hydrogen-bond acceptors (Lipinski definition) is 5. The molecule has 3 rings (SSSR count). The van der Waals surface area contributed by atoms with E-state index in [1.807, 2.05) is 24.3 Å². The first-order valence-corrected chi connectivity index (χ1v) is 9.10. The van der Waals surface area contributed by atoms with Crippen LogP contribution in [0.4, 0.5) is 8.78 Å². The Labute approximate surface area is 151 Å². The Morgan fingerprint density at radius 3 is 2.84 bits per heavy atom. The summed E-state index contributed by atoms with van der Waals surface area (Å²) in [4.78, 5) is 16.3. The molecule has 4 nitrogen and oxygen atoms in total. The van der Waals surface area contributed by atoms with E-state index in [9.17, 15) is 13.6 Å². The summed E-state index contributed by atoms with van der Waals surface area (Å²) >= 11 is 2.82. The van der Waals surface area contributed by atoms with Crippen molar-refractivity contribution in [2.45, 2.75) is 11.3 Å². The van der Waals surface area contributed by atoms with E-state index in [4.69, 9.17) is 0 Å². The van der Waals surface area contributed by atoms with E-state index in [2.05, 4.69) is 15.5 Å². The van der Waals surface area contributed by atoms with Crippen molar-refractivity contribution in [3.8, 4) is 0 Å². The summed E-state index contributed by atoms with van der Waals surface area (Å²) in [5.41, 5.74) is 3.67. The molecule has 3 aromatic rings. The topological polar surface area (TPSA) is 54.4 Å². The summed E-state index contributed by atoms with van der Waals surface area (Å²) in [5, 5.41) is 3.86. The standard InChI is InChI=1S/C17H13F2N3OS2/c1-10(12-7-6-11(18)8-13(12)19)21-22-16(23)9-24-17-20-14-4-2-3-5-15(14)25-17/h2-8H,9H2,1H3,(H,22,23)/b21-10+. The van der Waals surface area contributed by atoms with Crippen LogP contribution in [0.25, 0.3) is 10.2 Å². The Balaban J connectivity index is 1.58. The summed E-state index contributed by atoms with van der Waals surface area (Å²) < 4.78 is 28.4.